The molecule has 9 heteroatoms. The number of halogens is 1. The average Bonchev–Trinajstić information content (AvgIpc) is 3.41. The van der Waals surface area contributed by atoms with Gasteiger partial charge >= 0.3 is 0 Å². The number of furan rings is 1. The molecule has 0 atom stereocenters. The van der Waals surface area contributed by atoms with Crippen LogP contribution in [0.25, 0.3) is 0 Å². The number of rotatable bonds is 13. The van der Waals surface area contributed by atoms with Crippen LogP contribution >= 0.6 is 15.9 Å². The topological polar surface area (TPSA) is 81.5 Å². The summed E-state index contributed by atoms with van der Waals surface area (Å²) in [6.07, 6.45) is 2.17. The maximum Gasteiger partial charge on any atom is 0.254 e. The third kappa shape index (κ3) is 7.60. The van der Waals surface area contributed by atoms with E-state index in [1.807, 2.05) is 30.3 Å². The van der Waals surface area contributed by atoms with Crippen molar-refractivity contribution in [3.05, 3.63) is 82.2 Å². The summed E-state index contributed by atoms with van der Waals surface area (Å²) in [7, 11) is 4.74. The van der Waals surface area contributed by atoms with E-state index in [-0.39, 0.29) is 24.9 Å². The van der Waals surface area contributed by atoms with Gasteiger partial charge in [-0.15, -0.1) is 0 Å². The summed E-state index contributed by atoms with van der Waals surface area (Å²) in [5.74, 6) is 1.51. The smallest absolute Gasteiger partial charge is 0.254 e. The van der Waals surface area contributed by atoms with Crippen LogP contribution in [0.4, 0.5) is 0 Å². The number of hydrogen-bond donors (Lipinski definition) is 0. The molecule has 0 aliphatic heterocycles. The molecule has 0 unspecified atom stereocenters. The Hall–Kier alpha value is -3.30. The lowest BCUT2D eigenvalue weighted by Gasteiger charge is -2.27. The lowest BCUT2D eigenvalue weighted by atomic mass is 10.1. The van der Waals surface area contributed by atoms with Crippen LogP contribution < -0.4 is 9.47 Å². The number of methoxy groups -OCH3 is 3. The number of benzene rings is 2. The first-order chi connectivity index (χ1) is 17.4. The van der Waals surface area contributed by atoms with Gasteiger partial charge in [-0.1, -0.05) is 28.1 Å². The van der Waals surface area contributed by atoms with E-state index < -0.39 is 0 Å². The van der Waals surface area contributed by atoms with Crippen LogP contribution in [0, 0.1) is 0 Å². The summed E-state index contributed by atoms with van der Waals surface area (Å²) in [5, 5.41) is 0. The fourth-order valence-corrected chi connectivity index (χ4v) is 4.10. The Morgan fingerprint density at radius 1 is 0.917 bits per heavy atom. The van der Waals surface area contributed by atoms with Crippen molar-refractivity contribution in [3.8, 4) is 11.5 Å². The molecule has 1 heterocycles. The highest BCUT2D eigenvalue weighted by atomic mass is 79.9. The predicted molar refractivity (Wildman–Crippen MR) is 139 cm³/mol. The monoisotopic (exact) mass is 558 g/mol. The van der Waals surface area contributed by atoms with Crippen molar-refractivity contribution in [2.45, 2.75) is 13.0 Å². The summed E-state index contributed by atoms with van der Waals surface area (Å²) in [6.45, 7) is 1.25. The van der Waals surface area contributed by atoms with E-state index in [1.54, 1.807) is 56.8 Å². The van der Waals surface area contributed by atoms with Crippen LogP contribution in [0.3, 0.4) is 0 Å². The van der Waals surface area contributed by atoms with Crippen molar-refractivity contribution in [2.24, 2.45) is 0 Å². The molecular weight excluding hydrogens is 528 g/mol. The molecule has 0 saturated heterocycles. The van der Waals surface area contributed by atoms with Gasteiger partial charge in [0.15, 0.2) is 11.5 Å². The van der Waals surface area contributed by atoms with Crippen LogP contribution in [0.15, 0.2) is 69.8 Å². The van der Waals surface area contributed by atoms with Crippen LogP contribution in [0.5, 0.6) is 11.5 Å². The molecule has 0 saturated carbocycles. The average molecular weight is 559 g/mol. The van der Waals surface area contributed by atoms with E-state index in [4.69, 9.17) is 18.6 Å². The molecule has 2 amide bonds. The van der Waals surface area contributed by atoms with Crippen molar-refractivity contribution >= 4 is 27.7 Å². The zero-order valence-electron chi connectivity index (χ0n) is 20.7. The second-order valence-electron chi connectivity index (χ2n) is 8.06. The normalized spacial score (nSPS) is 10.7. The number of nitrogens with zero attached hydrogens (tertiary/aromatic N) is 2. The largest absolute Gasteiger partial charge is 0.493 e. The Morgan fingerprint density at radius 2 is 1.72 bits per heavy atom. The van der Waals surface area contributed by atoms with Crippen LogP contribution in [-0.2, 0) is 22.5 Å². The van der Waals surface area contributed by atoms with Crippen molar-refractivity contribution in [2.75, 3.05) is 47.6 Å². The first kappa shape index (κ1) is 27.3. The van der Waals surface area contributed by atoms with E-state index in [1.165, 1.54) is 4.90 Å². The number of hydrogen-bond acceptors (Lipinski definition) is 6. The van der Waals surface area contributed by atoms with Crippen LogP contribution in [-0.4, -0.2) is 69.2 Å². The molecule has 8 nitrogen and oxygen atoms in total. The number of amides is 2. The Bertz CT molecular complexity index is 1140. The van der Waals surface area contributed by atoms with Crippen molar-refractivity contribution in [1.29, 1.82) is 0 Å². The van der Waals surface area contributed by atoms with Crippen molar-refractivity contribution < 1.29 is 28.2 Å². The van der Waals surface area contributed by atoms with Gasteiger partial charge in [0.2, 0.25) is 5.91 Å². The minimum Gasteiger partial charge on any atom is -0.493 e. The van der Waals surface area contributed by atoms with Gasteiger partial charge in [-0.25, -0.2) is 0 Å². The lowest BCUT2D eigenvalue weighted by molar-refractivity contribution is -0.132. The molecule has 1 aromatic heterocycles. The Labute approximate surface area is 219 Å². The lowest BCUT2D eigenvalue weighted by Crippen LogP contribution is -2.44. The molecule has 36 heavy (non-hydrogen) atoms. The minimum atomic E-state index is -0.237. The molecule has 0 aliphatic rings. The molecule has 0 spiro atoms. The Balaban J connectivity index is 1.77. The molecule has 2 aromatic carbocycles. The van der Waals surface area contributed by atoms with Gasteiger partial charge in [-0.2, -0.15) is 0 Å². The highest BCUT2D eigenvalue weighted by Gasteiger charge is 2.23. The standard InChI is InChI=1S/C27H31BrN2O6/c1-33-15-13-30(27(32)21-6-4-7-22(28)17-21)19-26(31)29(18-23-8-5-14-36-23)12-11-20-9-10-24(34-2)25(16-20)35-3/h4-10,14,16-17H,11-13,15,18-19H2,1-3H3. The zero-order valence-corrected chi connectivity index (χ0v) is 22.3. The van der Waals surface area contributed by atoms with Gasteiger partial charge < -0.3 is 28.4 Å². The van der Waals surface area contributed by atoms with Gasteiger partial charge in [-0.05, 0) is 54.4 Å². The van der Waals surface area contributed by atoms with Gasteiger partial charge in [0.05, 0.1) is 33.6 Å². The second kappa shape index (κ2) is 13.7. The number of carbonyl (C=O) groups is 2. The van der Waals surface area contributed by atoms with E-state index in [9.17, 15) is 9.59 Å². The van der Waals surface area contributed by atoms with Gasteiger partial charge in [0.25, 0.3) is 5.91 Å². The molecule has 0 N–H and O–H groups in total. The quantitative estimate of drug-likeness (QED) is 0.309. The molecule has 0 fully saturated rings. The molecule has 0 bridgehead atoms. The highest BCUT2D eigenvalue weighted by Crippen LogP contribution is 2.28. The van der Waals surface area contributed by atoms with Crippen molar-refractivity contribution in [3.63, 3.8) is 0 Å². The molecule has 3 rings (SSSR count). The first-order valence-electron chi connectivity index (χ1n) is 11.5. The number of carbonyl (C=O) groups excluding carboxylic acids is 2. The maximum absolute atomic E-state index is 13.5. The minimum absolute atomic E-state index is 0.0820. The predicted octanol–water partition coefficient (Wildman–Crippen LogP) is 4.42. The maximum atomic E-state index is 13.5. The van der Waals surface area contributed by atoms with E-state index >= 15 is 0 Å². The second-order valence-corrected chi connectivity index (χ2v) is 8.98. The van der Waals surface area contributed by atoms with E-state index in [0.29, 0.717) is 48.9 Å². The fourth-order valence-electron chi connectivity index (χ4n) is 3.70. The first-order valence-corrected chi connectivity index (χ1v) is 12.3. The number of ether oxygens (including phenoxy) is 3. The molecule has 0 aliphatic carbocycles. The molecule has 192 valence electrons. The molecule has 3 aromatic rings. The molecule has 0 radical (unpaired) electrons. The van der Waals surface area contributed by atoms with Gasteiger partial charge in [0.1, 0.15) is 12.3 Å². The fraction of sp³-hybridized carbons (Fsp3) is 0.333. The van der Waals surface area contributed by atoms with Crippen LogP contribution in [0.2, 0.25) is 0 Å². The Morgan fingerprint density at radius 3 is 2.39 bits per heavy atom. The van der Waals surface area contributed by atoms with Gasteiger partial charge in [-0.3, -0.25) is 9.59 Å². The third-order valence-electron chi connectivity index (χ3n) is 5.65. The summed E-state index contributed by atoms with van der Waals surface area (Å²) in [6, 6.07) is 16.4. The van der Waals surface area contributed by atoms with Crippen LogP contribution in [0.1, 0.15) is 21.7 Å². The SMILES string of the molecule is COCCN(CC(=O)N(CCc1ccc(OC)c(OC)c1)Cc1ccco1)C(=O)c1cccc(Br)c1. The summed E-state index contributed by atoms with van der Waals surface area (Å²) in [5.41, 5.74) is 1.49. The third-order valence-corrected chi connectivity index (χ3v) is 6.14. The summed E-state index contributed by atoms with van der Waals surface area (Å²) < 4.78 is 22.2. The van der Waals surface area contributed by atoms with Crippen molar-refractivity contribution in [1.82, 2.24) is 9.80 Å². The summed E-state index contributed by atoms with van der Waals surface area (Å²) >= 11 is 3.40. The zero-order chi connectivity index (χ0) is 25.9. The van der Waals surface area contributed by atoms with Gasteiger partial charge in [0, 0.05) is 30.2 Å². The van der Waals surface area contributed by atoms with E-state index in [2.05, 4.69) is 15.9 Å². The summed E-state index contributed by atoms with van der Waals surface area (Å²) in [4.78, 5) is 29.9. The molecular formula is C27H31BrN2O6. The Kier molecular flexibility index (Phi) is 10.4. The van der Waals surface area contributed by atoms with E-state index in [0.717, 1.165) is 10.0 Å². The highest BCUT2D eigenvalue weighted by molar-refractivity contribution is 9.10.